The number of benzene rings is 1. The summed E-state index contributed by atoms with van der Waals surface area (Å²) in [6.45, 7) is 2.42. The normalized spacial score (nSPS) is 10.6. The zero-order chi connectivity index (χ0) is 19.6. The van der Waals surface area contributed by atoms with E-state index in [1.165, 1.54) is 11.0 Å². The second-order valence-corrected chi connectivity index (χ2v) is 7.39. The summed E-state index contributed by atoms with van der Waals surface area (Å²) in [7, 11) is 3.18. The molecule has 10 heteroatoms. The number of hydrogen-bond acceptors (Lipinski definition) is 8. The van der Waals surface area contributed by atoms with Crippen molar-refractivity contribution in [1.29, 1.82) is 0 Å². The van der Waals surface area contributed by atoms with Gasteiger partial charge in [0.2, 0.25) is 0 Å². The molecule has 0 aliphatic heterocycles. The molecule has 0 saturated carbocycles. The van der Waals surface area contributed by atoms with Crippen molar-refractivity contribution in [3.63, 3.8) is 0 Å². The highest BCUT2D eigenvalue weighted by Crippen LogP contribution is 2.32. The van der Waals surface area contributed by atoms with Crippen molar-refractivity contribution >= 4 is 34.6 Å². The van der Waals surface area contributed by atoms with Crippen molar-refractivity contribution in [3.05, 3.63) is 50.9 Å². The van der Waals surface area contributed by atoms with Crippen molar-refractivity contribution < 1.29 is 19.4 Å². The quantitative estimate of drug-likeness (QED) is 0.438. The lowest BCUT2D eigenvalue weighted by molar-refractivity contribution is -0.791. The minimum absolute atomic E-state index is 0.0739. The van der Waals surface area contributed by atoms with E-state index in [1.54, 1.807) is 37.6 Å². The average molecular weight is 389 g/mol. The van der Waals surface area contributed by atoms with Gasteiger partial charge in [0.15, 0.2) is 5.75 Å². The Morgan fingerprint density at radius 1 is 1.37 bits per heavy atom. The van der Waals surface area contributed by atoms with Gasteiger partial charge in [0, 0.05) is 23.8 Å². The predicted molar refractivity (Wildman–Crippen MR) is 101 cm³/mol. The first-order valence-electron chi connectivity index (χ1n) is 8.06. The molecule has 3 rings (SSSR count). The van der Waals surface area contributed by atoms with Crippen molar-refractivity contribution in [2.45, 2.75) is 13.5 Å². The highest BCUT2D eigenvalue weighted by atomic mass is 32.1. The van der Waals surface area contributed by atoms with Crippen LogP contribution in [0.3, 0.4) is 0 Å². The molecule has 1 amide bonds. The lowest BCUT2D eigenvalue weighted by atomic mass is 10.1. The minimum Gasteiger partial charge on any atom is -0.505 e. The molecule has 0 radical (unpaired) electrons. The van der Waals surface area contributed by atoms with Crippen LogP contribution in [0.1, 0.15) is 20.1 Å². The van der Waals surface area contributed by atoms with E-state index in [0.29, 0.717) is 6.54 Å². The molecule has 0 aliphatic carbocycles. The molecule has 2 heterocycles. The fourth-order valence-electron chi connectivity index (χ4n) is 2.42. The average Bonchev–Trinajstić information content (AvgIpc) is 3.20. The van der Waals surface area contributed by atoms with E-state index in [9.17, 15) is 15.1 Å². The van der Waals surface area contributed by atoms with Gasteiger partial charge in [-0.2, -0.15) is 0 Å². The van der Waals surface area contributed by atoms with E-state index >= 15 is 0 Å². The largest absolute Gasteiger partial charge is 0.505 e. The summed E-state index contributed by atoms with van der Waals surface area (Å²) in [6, 6.07) is 8.65. The molecule has 3 N–H and O–H groups in total. The number of para-hydroxylation sites is 1. The van der Waals surface area contributed by atoms with Crippen LogP contribution in [-0.2, 0) is 6.54 Å². The number of carbonyl (C=O) groups excluding carboxylic acids is 1. The van der Waals surface area contributed by atoms with Crippen LogP contribution in [0.15, 0.2) is 35.0 Å². The fraction of sp³-hybridized carbons (Fsp3) is 0.235. The summed E-state index contributed by atoms with van der Waals surface area (Å²) in [6.07, 6.45) is 0. The molecule has 0 bridgehead atoms. The SMILES string of the molecule is Cc1ccc(CNc2c(Nc3cccc(C(=O)N(C)C)c3O)no[n+]2[O-])s1. The van der Waals surface area contributed by atoms with Crippen LogP contribution in [0.25, 0.3) is 0 Å². The third kappa shape index (κ3) is 3.95. The van der Waals surface area contributed by atoms with E-state index in [2.05, 4.69) is 20.4 Å². The smallest absolute Gasteiger partial charge is 0.320 e. The number of hydrogen-bond donors (Lipinski definition) is 3. The van der Waals surface area contributed by atoms with E-state index in [-0.39, 0.29) is 39.4 Å². The number of rotatable bonds is 6. The van der Waals surface area contributed by atoms with Gasteiger partial charge >= 0.3 is 11.6 Å². The summed E-state index contributed by atoms with van der Waals surface area (Å²) in [5.74, 6) is -0.411. The van der Waals surface area contributed by atoms with Crippen LogP contribution in [-0.4, -0.2) is 35.2 Å². The van der Waals surface area contributed by atoms with Gasteiger partial charge in [0.1, 0.15) is 0 Å². The number of phenolic OH excluding ortho intramolecular Hbond substituents is 1. The minimum atomic E-state index is -0.346. The maximum absolute atomic E-state index is 12.1. The number of aromatic hydroxyl groups is 1. The molecule has 2 aromatic heterocycles. The molecular formula is C17H19N5O4S. The maximum atomic E-state index is 12.1. The number of aromatic nitrogens is 2. The number of carbonyl (C=O) groups is 1. The lowest BCUT2D eigenvalue weighted by Crippen LogP contribution is -2.27. The summed E-state index contributed by atoms with van der Waals surface area (Å²) >= 11 is 1.61. The van der Waals surface area contributed by atoms with Crippen LogP contribution < -0.4 is 15.5 Å². The Morgan fingerprint density at radius 3 is 2.81 bits per heavy atom. The zero-order valence-corrected chi connectivity index (χ0v) is 15.8. The third-order valence-corrected chi connectivity index (χ3v) is 4.77. The van der Waals surface area contributed by atoms with Gasteiger partial charge in [0.25, 0.3) is 5.91 Å². The molecule has 0 aliphatic rings. The van der Waals surface area contributed by atoms with Crippen LogP contribution in [0, 0.1) is 12.1 Å². The number of amides is 1. The van der Waals surface area contributed by atoms with Crippen molar-refractivity contribution in [2.24, 2.45) is 0 Å². The molecule has 0 spiro atoms. The van der Waals surface area contributed by atoms with Gasteiger partial charge in [-0.25, -0.2) is 0 Å². The molecule has 9 nitrogen and oxygen atoms in total. The lowest BCUT2D eigenvalue weighted by Gasteiger charge is -2.13. The first kappa shape index (κ1) is 18.5. The standard InChI is InChI=1S/C17H19N5O4S/c1-10-7-8-11(27-10)9-18-16-15(20-26-22(16)25)19-13-6-4-5-12(14(13)23)17(24)21(2)3/h4-8,18,23H,9H2,1-3H3,(H,19,20). The number of anilines is 3. The zero-order valence-electron chi connectivity index (χ0n) is 15.0. The van der Waals surface area contributed by atoms with Gasteiger partial charge in [-0.1, -0.05) is 11.0 Å². The fourth-order valence-corrected chi connectivity index (χ4v) is 3.25. The second kappa shape index (κ2) is 7.54. The molecule has 0 fully saturated rings. The molecule has 3 aromatic rings. The van der Waals surface area contributed by atoms with Crippen LogP contribution in [0.5, 0.6) is 5.75 Å². The van der Waals surface area contributed by atoms with E-state index in [4.69, 9.17) is 0 Å². The molecule has 142 valence electrons. The Balaban J connectivity index is 1.82. The van der Waals surface area contributed by atoms with Crippen LogP contribution in [0.4, 0.5) is 17.3 Å². The predicted octanol–water partition coefficient (Wildman–Crippen LogP) is 2.44. The number of phenols is 1. The van der Waals surface area contributed by atoms with Crippen molar-refractivity contribution in [2.75, 3.05) is 24.7 Å². The highest BCUT2D eigenvalue weighted by molar-refractivity contribution is 7.11. The molecule has 0 atom stereocenters. The monoisotopic (exact) mass is 389 g/mol. The molecule has 0 saturated heterocycles. The van der Waals surface area contributed by atoms with E-state index in [1.807, 2.05) is 19.1 Å². The molecule has 1 aromatic carbocycles. The second-order valence-electron chi connectivity index (χ2n) is 6.02. The molecule has 0 unspecified atom stereocenters. The maximum Gasteiger partial charge on any atom is 0.320 e. The van der Waals surface area contributed by atoms with Crippen LogP contribution in [0.2, 0.25) is 0 Å². The first-order chi connectivity index (χ1) is 12.9. The van der Waals surface area contributed by atoms with Gasteiger partial charge in [-0.15, -0.1) is 11.3 Å². The Bertz CT molecular complexity index is 966. The Labute approximate surface area is 159 Å². The topological polar surface area (TPSA) is 118 Å². The number of thiophene rings is 1. The Morgan fingerprint density at radius 2 is 2.15 bits per heavy atom. The number of aryl methyl sites for hydroxylation is 1. The molecular weight excluding hydrogens is 370 g/mol. The molecule has 27 heavy (non-hydrogen) atoms. The van der Waals surface area contributed by atoms with Gasteiger partial charge in [0.05, 0.1) is 17.8 Å². The van der Waals surface area contributed by atoms with Crippen molar-refractivity contribution in [1.82, 2.24) is 10.1 Å². The summed E-state index contributed by atoms with van der Waals surface area (Å²) in [5.41, 5.74) is 0.360. The summed E-state index contributed by atoms with van der Waals surface area (Å²) in [5, 5.41) is 31.8. The Kier molecular flexibility index (Phi) is 5.17. The number of nitrogens with one attached hydrogen (secondary N) is 2. The Hall–Kier alpha value is -3.27. The van der Waals surface area contributed by atoms with Gasteiger partial charge in [-0.3, -0.25) is 10.1 Å². The van der Waals surface area contributed by atoms with E-state index in [0.717, 1.165) is 9.75 Å². The van der Waals surface area contributed by atoms with Gasteiger partial charge < -0.3 is 25.2 Å². The summed E-state index contributed by atoms with van der Waals surface area (Å²) < 4.78 is 4.65. The highest BCUT2D eigenvalue weighted by Gasteiger charge is 2.22. The van der Waals surface area contributed by atoms with Gasteiger partial charge in [-0.05, 0) is 36.3 Å². The van der Waals surface area contributed by atoms with E-state index < -0.39 is 0 Å². The van der Waals surface area contributed by atoms with Crippen LogP contribution >= 0.6 is 11.3 Å². The number of nitrogens with zero attached hydrogens (tertiary/aromatic N) is 3. The van der Waals surface area contributed by atoms with Crippen molar-refractivity contribution in [3.8, 4) is 5.75 Å². The summed E-state index contributed by atoms with van der Waals surface area (Å²) in [4.78, 5) is 16.0. The third-order valence-electron chi connectivity index (χ3n) is 3.76. The first-order valence-corrected chi connectivity index (χ1v) is 8.88.